The third-order valence-electron chi connectivity index (χ3n) is 5.02. The SMILES string of the molecule is Cc1c(F)cccc1C1(C(=O)O)CCC(Oc2ccccc2)CC1. The van der Waals surface area contributed by atoms with E-state index >= 15 is 0 Å². The minimum absolute atomic E-state index is 0.00580. The van der Waals surface area contributed by atoms with Crippen LogP contribution in [-0.2, 0) is 10.2 Å². The number of hydrogen-bond donors (Lipinski definition) is 1. The molecule has 0 saturated heterocycles. The highest BCUT2D eigenvalue weighted by atomic mass is 19.1. The number of aliphatic carboxylic acids is 1. The van der Waals surface area contributed by atoms with Gasteiger partial charge in [0, 0.05) is 0 Å². The van der Waals surface area contributed by atoms with Crippen LogP contribution in [0.25, 0.3) is 0 Å². The molecular formula is C20H21FO3. The summed E-state index contributed by atoms with van der Waals surface area (Å²) in [6, 6.07) is 14.3. The summed E-state index contributed by atoms with van der Waals surface area (Å²) in [5.41, 5.74) is -0.00147. The molecular weight excluding hydrogens is 307 g/mol. The molecule has 2 aromatic carbocycles. The lowest BCUT2D eigenvalue weighted by molar-refractivity contribution is -0.146. The van der Waals surface area contributed by atoms with E-state index in [-0.39, 0.29) is 11.9 Å². The van der Waals surface area contributed by atoms with Crippen LogP contribution in [0.1, 0.15) is 36.8 Å². The molecule has 2 aromatic rings. The van der Waals surface area contributed by atoms with Gasteiger partial charge in [-0.2, -0.15) is 0 Å². The zero-order valence-electron chi connectivity index (χ0n) is 13.7. The number of hydrogen-bond acceptors (Lipinski definition) is 2. The Morgan fingerprint density at radius 3 is 2.42 bits per heavy atom. The van der Waals surface area contributed by atoms with Crippen molar-refractivity contribution in [1.29, 1.82) is 0 Å². The van der Waals surface area contributed by atoms with Gasteiger partial charge in [0.25, 0.3) is 0 Å². The van der Waals surface area contributed by atoms with E-state index in [1.165, 1.54) is 6.07 Å². The molecule has 1 aliphatic carbocycles. The maximum Gasteiger partial charge on any atom is 0.314 e. The molecule has 1 aliphatic rings. The Morgan fingerprint density at radius 1 is 1.12 bits per heavy atom. The first-order valence-corrected chi connectivity index (χ1v) is 8.23. The third-order valence-corrected chi connectivity index (χ3v) is 5.02. The van der Waals surface area contributed by atoms with Crippen molar-refractivity contribution in [3.63, 3.8) is 0 Å². The van der Waals surface area contributed by atoms with E-state index in [4.69, 9.17) is 4.74 Å². The Hall–Kier alpha value is -2.36. The largest absolute Gasteiger partial charge is 0.490 e. The van der Waals surface area contributed by atoms with Crippen molar-refractivity contribution in [3.05, 3.63) is 65.5 Å². The number of halogens is 1. The first kappa shape index (κ1) is 16.5. The van der Waals surface area contributed by atoms with E-state index in [1.807, 2.05) is 30.3 Å². The van der Waals surface area contributed by atoms with Gasteiger partial charge >= 0.3 is 5.97 Å². The molecule has 0 aliphatic heterocycles. The molecule has 1 saturated carbocycles. The highest BCUT2D eigenvalue weighted by Gasteiger charge is 2.45. The number of para-hydroxylation sites is 1. The van der Waals surface area contributed by atoms with Gasteiger partial charge in [-0.15, -0.1) is 0 Å². The number of ether oxygens (including phenoxy) is 1. The molecule has 0 amide bonds. The van der Waals surface area contributed by atoms with Gasteiger partial charge in [-0.25, -0.2) is 4.39 Å². The lowest BCUT2D eigenvalue weighted by Gasteiger charge is -2.38. The zero-order valence-corrected chi connectivity index (χ0v) is 13.7. The van der Waals surface area contributed by atoms with Crippen molar-refractivity contribution in [2.24, 2.45) is 0 Å². The second-order valence-electron chi connectivity index (χ2n) is 6.43. The number of benzene rings is 2. The Labute approximate surface area is 141 Å². The molecule has 0 atom stereocenters. The summed E-state index contributed by atoms with van der Waals surface area (Å²) >= 11 is 0. The molecule has 24 heavy (non-hydrogen) atoms. The fourth-order valence-electron chi connectivity index (χ4n) is 3.62. The van der Waals surface area contributed by atoms with Gasteiger partial charge < -0.3 is 9.84 Å². The fourth-order valence-corrected chi connectivity index (χ4v) is 3.62. The molecule has 126 valence electrons. The zero-order chi connectivity index (χ0) is 17.2. The highest BCUT2D eigenvalue weighted by molar-refractivity contribution is 5.82. The predicted octanol–water partition coefficient (Wildman–Crippen LogP) is 4.48. The summed E-state index contributed by atoms with van der Waals surface area (Å²) in [7, 11) is 0. The van der Waals surface area contributed by atoms with Crippen LogP contribution in [0.3, 0.4) is 0 Å². The summed E-state index contributed by atoms with van der Waals surface area (Å²) in [4.78, 5) is 12.0. The van der Waals surface area contributed by atoms with Crippen LogP contribution in [0.5, 0.6) is 5.75 Å². The average molecular weight is 328 g/mol. The lowest BCUT2D eigenvalue weighted by atomic mass is 9.67. The number of carboxylic acids is 1. The molecule has 0 aromatic heterocycles. The van der Waals surface area contributed by atoms with Crippen LogP contribution < -0.4 is 4.74 Å². The van der Waals surface area contributed by atoms with Crippen LogP contribution in [-0.4, -0.2) is 17.2 Å². The van der Waals surface area contributed by atoms with Gasteiger partial charge in [-0.05, 0) is 61.9 Å². The second kappa shape index (κ2) is 6.63. The van der Waals surface area contributed by atoms with E-state index in [0.717, 1.165) is 5.75 Å². The topological polar surface area (TPSA) is 46.5 Å². The van der Waals surface area contributed by atoms with Crippen molar-refractivity contribution in [2.75, 3.05) is 0 Å². The number of carboxylic acid groups (broad SMARTS) is 1. The van der Waals surface area contributed by atoms with E-state index in [0.29, 0.717) is 36.8 Å². The van der Waals surface area contributed by atoms with E-state index in [1.54, 1.807) is 19.1 Å². The molecule has 3 rings (SSSR count). The van der Waals surface area contributed by atoms with Gasteiger partial charge in [0.15, 0.2) is 0 Å². The first-order chi connectivity index (χ1) is 11.5. The average Bonchev–Trinajstić information content (AvgIpc) is 2.59. The van der Waals surface area contributed by atoms with Crippen molar-refractivity contribution in [3.8, 4) is 5.75 Å². The number of carbonyl (C=O) groups is 1. The Bertz CT molecular complexity index is 719. The lowest BCUT2D eigenvalue weighted by Crippen LogP contribution is -2.42. The maximum atomic E-state index is 13.9. The molecule has 1 fully saturated rings. The van der Waals surface area contributed by atoms with Crippen LogP contribution in [0.2, 0.25) is 0 Å². The fraction of sp³-hybridized carbons (Fsp3) is 0.350. The van der Waals surface area contributed by atoms with Gasteiger partial charge in [0.05, 0.1) is 11.5 Å². The minimum Gasteiger partial charge on any atom is -0.490 e. The molecule has 1 N–H and O–H groups in total. The van der Waals surface area contributed by atoms with E-state index in [9.17, 15) is 14.3 Å². The van der Waals surface area contributed by atoms with Crippen LogP contribution in [0, 0.1) is 12.7 Å². The quantitative estimate of drug-likeness (QED) is 0.900. The summed E-state index contributed by atoms with van der Waals surface area (Å²) in [5, 5.41) is 9.87. The summed E-state index contributed by atoms with van der Waals surface area (Å²) in [5.74, 6) is -0.433. The standard InChI is InChI=1S/C20H21FO3/c1-14-17(8-5-9-18(14)21)20(19(22)23)12-10-16(11-13-20)24-15-6-3-2-4-7-15/h2-9,16H,10-13H2,1H3,(H,22,23). The molecule has 0 spiro atoms. The molecule has 0 unspecified atom stereocenters. The van der Waals surface area contributed by atoms with Gasteiger partial charge in [0.2, 0.25) is 0 Å². The summed E-state index contributed by atoms with van der Waals surface area (Å²) in [6.07, 6.45) is 2.16. The van der Waals surface area contributed by atoms with Crippen molar-refractivity contribution >= 4 is 5.97 Å². The van der Waals surface area contributed by atoms with Crippen LogP contribution >= 0.6 is 0 Å². The van der Waals surface area contributed by atoms with E-state index in [2.05, 4.69) is 0 Å². The second-order valence-corrected chi connectivity index (χ2v) is 6.43. The monoisotopic (exact) mass is 328 g/mol. The molecule has 3 nitrogen and oxygen atoms in total. The Balaban J connectivity index is 1.80. The third kappa shape index (κ3) is 3.01. The van der Waals surface area contributed by atoms with Crippen LogP contribution in [0.15, 0.2) is 48.5 Å². The number of rotatable bonds is 4. The van der Waals surface area contributed by atoms with Gasteiger partial charge in [-0.1, -0.05) is 30.3 Å². The van der Waals surface area contributed by atoms with Crippen LogP contribution in [0.4, 0.5) is 4.39 Å². The van der Waals surface area contributed by atoms with Gasteiger partial charge in [0.1, 0.15) is 11.6 Å². The maximum absolute atomic E-state index is 13.9. The van der Waals surface area contributed by atoms with Gasteiger partial charge in [-0.3, -0.25) is 4.79 Å². The summed E-state index contributed by atoms with van der Waals surface area (Å²) < 4.78 is 19.9. The van der Waals surface area contributed by atoms with E-state index < -0.39 is 11.4 Å². The highest BCUT2D eigenvalue weighted by Crippen LogP contribution is 2.42. The molecule has 0 bridgehead atoms. The molecule has 4 heteroatoms. The van der Waals surface area contributed by atoms with Crippen molar-refractivity contribution < 1.29 is 19.0 Å². The molecule has 0 radical (unpaired) electrons. The minimum atomic E-state index is -1.03. The van der Waals surface area contributed by atoms with Crippen molar-refractivity contribution in [2.45, 2.75) is 44.1 Å². The normalized spacial score (nSPS) is 23.7. The molecule has 0 heterocycles. The Morgan fingerprint density at radius 2 is 1.79 bits per heavy atom. The summed E-state index contributed by atoms with van der Waals surface area (Å²) in [6.45, 7) is 1.65. The predicted molar refractivity (Wildman–Crippen MR) is 89.8 cm³/mol. The smallest absolute Gasteiger partial charge is 0.314 e. The first-order valence-electron chi connectivity index (χ1n) is 8.23. The Kier molecular flexibility index (Phi) is 4.56. The van der Waals surface area contributed by atoms with Crippen molar-refractivity contribution in [1.82, 2.24) is 0 Å².